The van der Waals surface area contributed by atoms with E-state index in [1.54, 1.807) is 12.1 Å². The monoisotopic (exact) mass is 264 g/mol. The third-order valence-electron chi connectivity index (χ3n) is 3.81. The van der Waals surface area contributed by atoms with Crippen LogP contribution in [0.1, 0.15) is 44.2 Å². The van der Waals surface area contributed by atoms with Crippen LogP contribution < -0.4 is 5.73 Å². The fourth-order valence-electron chi connectivity index (χ4n) is 2.53. The molecule has 0 saturated heterocycles. The predicted octanol–water partition coefficient (Wildman–Crippen LogP) is 3.34. The summed E-state index contributed by atoms with van der Waals surface area (Å²) in [6.07, 6.45) is 4.74. The van der Waals surface area contributed by atoms with Crippen LogP contribution >= 0.6 is 0 Å². The van der Waals surface area contributed by atoms with Gasteiger partial charge in [0.2, 0.25) is 0 Å². The van der Waals surface area contributed by atoms with E-state index < -0.39 is 0 Å². The molecule has 0 aromatic heterocycles. The molecule has 2 N–H and O–H groups in total. The minimum Gasteiger partial charge on any atom is -0.324 e. The maximum atomic E-state index is 13.6. The van der Waals surface area contributed by atoms with Crippen molar-refractivity contribution < 1.29 is 4.39 Å². The van der Waals surface area contributed by atoms with E-state index in [0.29, 0.717) is 5.56 Å². The first-order valence-corrected chi connectivity index (χ1v) is 7.43. The van der Waals surface area contributed by atoms with Crippen LogP contribution in [0.3, 0.4) is 0 Å². The van der Waals surface area contributed by atoms with E-state index in [-0.39, 0.29) is 11.9 Å². The van der Waals surface area contributed by atoms with Crippen LogP contribution in [0.2, 0.25) is 0 Å². The van der Waals surface area contributed by atoms with Crippen molar-refractivity contribution in [1.82, 2.24) is 4.90 Å². The van der Waals surface area contributed by atoms with Gasteiger partial charge in [-0.15, -0.1) is 0 Å². The van der Waals surface area contributed by atoms with Crippen LogP contribution in [-0.4, -0.2) is 24.5 Å². The standard InChI is InChI=1S/C16H25FN2/c1-2-10-19(12-13-7-8-13)11-9-16(18)14-5-3-4-6-15(14)17/h3-6,13,16H,2,7-12,18H2,1H3. The molecule has 0 spiro atoms. The molecule has 2 nitrogen and oxygen atoms in total. The van der Waals surface area contributed by atoms with Crippen LogP contribution in [0.5, 0.6) is 0 Å². The largest absolute Gasteiger partial charge is 0.324 e. The van der Waals surface area contributed by atoms with E-state index in [2.05, 4.69) is 11.8 Å². The molecule has 1 aromatic carbocycles. The molecule has 1 aliphatic rings. The lowest BCUT2D eigenvalue weighted by Gasteiger charge is -2.23. The molecular weight excluding hydrogens is 239 g/mol. The maximum Gasteiger partial charge on any atom is 0.127 e. The van der Waals surface area contributed by atoms with Gasteiger partial charge < -0.3 is 10.6 Å². The van der Waals surface area contributed by atoms with Gasteiger partial charge in [0.15, 0.2) is 0 Å². The van der Waals surface area contributed by atoms with Crippen LogP contribution in [0.4, 0.5) is 4.39 Å². The second-order valence-electron chi connectivity index (χ2n) is 5.66. The summed E-state index contributed by atoms with van der Waals surface area (Å²) in [6, 6.07) is 6.66. The van der Waals surface area contributed by atoms with E-state index in [0.717, 1.165) is 25.4 Å². The second kappa shape index (κ2) is 7.01. The molecule has 1 aromatic rings. The third kappa shape index (κ3) is 4.59. The summed E-state index contributed by atoms with van der Waals surface area (Å²) in [4.78, 5) is 2.48. The predicted molar refractivity (Wildman–Crippen MR) is 77.4 cm³/mol. The van der Waals surface area contributed by atoms with Gasteiger partial charge in [0, 0.05) is 18.2 Å². The molecule has 0 aliphatic heterocycles. The van der Waals surface area contributed by atoms with Gasteiger partial charge in [-0.2, -0.15) is 0 Å². The van der Waals surface area contributed by atoms with Crippen LogP contribution in [0.25, 0.3) is 0 Å². The van der Waals surface area contributed by atoms with E-state index in [4.69, 9.17) is 5.73 Å². The number of hydrogen-bond acceptors (Lipinski definition) is 2. The number of rotatable bonds is 8. The zero-order valence-corrected chi connectivity index (χ0v) is 11.8. The van der Waals surface area contributed by atoms with Gasteiger partial charge in [-0.1, -0.05) is 25.1 Å². The third-order valence-corrected chi connectivity index (χ3v) is 3.81. The Morgan fingerprint density at radius 2 is 2.05 bits per heavy atom. The fourth-order valence-corrected chi connectivity index (χ4v) is 2.53. The zero-order valence-electron chi connectivity index (χ0n) is 11.8. The molecule has 1 atom stereocenters. The molecule has 1 fully saturated rings. The van der Waals surface area contributed by atoms with Gasteiger partial charge in [-0.05, 0) is 50.8 Å². The van der Waals surface area contributed by atoms with Gasteiger partial charge in [-0.25, -0.2) is 4.39 Å². The molecular formula is C16H25FN2. The molecule has 19 heavy (non-hydrogen) atoms. The van der Waals surface area contributed by atoms with Crippen molar-refractivity contribution in [2.24, 2.45) is 11.7 Å². The van der Waals surface area contributed by atoms with Crippen molar-refractivity contribution in [1.29, 1.82) is 0 Å². The highest BCUT2D eigenvalue weighted by Crippen LogP contribution is 2.30. The molecule has 1 aliphatic carbocycles. The van der Waals surface area contributed by atoms with Crippen molar-refractivity contribution in [3.63, 3.8) is 0 Å². The van der Waals surface area contributed by atoms with Gasteiger partial charge in [0.05, 0.1) is 0 Å². The lowest BCUT2D eigenvalue weighted by molar-refractivity contribution is 0.253. The summed E-state index contributed by atoms with van der Waals surface area (Å²) in [5.74, 6) is 0.718. The van der Waals surface area contributed by atoms with E-state index in [1.165, 1.54) is 31.9 Å². The summed E-state index contributed by atoms with van der Waals surface area (Å²) in [7, 11) is 0. The van der Waals surface area contributed by atoms with Gasteiger partial charge in [-0.3, -0.25) is 0 Å². The van der Waals surface area contributed by atoms with E-state index >= 15 is 0 Å². The molecule has 0 radical (unpaired) electrons. The Bertz CT molecular complexity index is 390. The SMILES string of the molecule is CCCN(CCC(N)c1ccccc1F)CC1CC1. The van der Waals surface area contributed by atoms with Crippen molar-refractivity contribution in [2.75, 3.05) is 19.6 Å². The summed E-state index contributed by atoms with van der Waals surface area (Å²) in [5.41, 5.74) is 6.76. The second-order valence-corrected chi connectivity index (χ2v) is 5.66. The topological polar surface area (TPSA) is 29.3 Å². The summed E-state index contributed by atoms with van der Waals surface area (Å²) >= 11 is 0. The number of nitrogens with zero attached hydrogens (tertiary/aromatic N) is 1. The fraction of sp³-hybridized carbons (Fsp3) is 0.625. The lowest BCUT2D eigenvalue weighted by atomic mass is 10.0. The van der Waals surface area contributed by atoms with Crippen LogP contribution in [0, 0.1) is 11.7 Å². The molecule has 2 rings (SSSR count). The summed E-state index contributed by atoms with van der Waals surface area (Å²) in [5, 5.41) is 0. The average molecular weight is 264 g/mol. The number of benzene rings is 1. The Hall–Kier alpha value is -0.930. The van der Waals surface area contributed by atoms with E-state index in [9.17, 15) is 4.39 Å². The van der Waals surface area contributed by atoms with Gasteiger partial charge in [0.1, 0.15) is 5.82 Å². The number of hydrogen-bond donors (Lipinski definition) is 1. The first kappa shape index (κ1) is 14.5. The molecule has 106 valence electrons. The highest BCUT2D eigenvalue weighted by atomic mass is 19.1. The summed E-state index contributed by atoms with van der Waals surface area (Å²) in [6.45, 7) is 5.49. The molecule has 0 bridgehead atoms. The van der Waals surface area contributed by atoms with Gasteiger partial charge in [0.25, 0.3) is 0 Å². The first-order valence-electron chi connectivity index (χ1n) is 7.43. The van der Waals surface area contributed by atoms with Gasteiger partial charge >= 0.3 is 0 Å². The normalized spacial score (nSPS) is 16.8. The zero-order chi connectivity index (χ0) is 13.7. The quantitative estimate of drug-likeness (QED) is 0.780. The lowest BCUT2D eigenvalue weighted by Crippen LogP contribution is -2.30. The molecule has 1 unspecified atom stereocenters. The minimum absolute atomic E-state index is 0.181. The minimum atomic E-state index is -0.195. The highest BCUT2D eigenvalue weighted by Gasteiger charge is 2.24. The Morgan fingerprint density at radius 3 is 2.68 bits per heavy atom. The van der Waals surface area contributed by atoms with Crippen molar-refractivity contribution in [3.05, 3.63) is 35.6 Å². The molecule has 0 heterocycles. The van der Waals surface area contributed by atoms with Crippen LogP contribution in [-0.2, 0) is 0 Å². The Kier molecular flexibility index (Phi) is 5.34. The molecule has 0 amide bonds. The Labute approximate surface area is 115 Å². The highest BCUT2D eigenvalue weighted by molar-refractivity contribution is 5.20. The molecule has 1 saturated carbocycles. The maximum absolute atomic E-state index is 13.6. The number of halogens is 1. The molecule has 3 heteroatoms. The van der Waals surface area contributed by atoms with E-state index in [1.807, 2.05) is 6.07 Å². The van der Waals surface area contributed by atoms with Crippen LogP contribution in [0.15, 0.2) is 24.3 Å². The number of nitrogens with two attached hydrogens (primary N) is 1. The first-order chi connectivity index (χ1) is 9.20. The smallest absolute Gasteiger partial charge is 0.127 e. The van der Waals surface area contributed by atoms with Crippen molar-refractivity contribution in [2.45, 2.75) is 38.6 Å². The van der Waals surface area contributed by atoms with Crippen molar-refractivity contribution in [3.8, 4) is 0 Å². The van der Waals surface area contributed by atoms with Crippen molar-refractivity contribution >= 4 is 0 Å². The Balaban J connectivity index is 1.83. The summed E-state index contributed by atoms with van der Waals surface area (Å²) < 4.78 is 13.6. The Morgan fingerprint density at radius 1 is 1.32 bits per heavy atom. The average Bonchev–Trinajstić information content (AvgIpc) is 3.20.